The van der Waals surface area contributed by atoms with Crippen molar-refractivity contribution in [2.24, 2.45) is 0 Å². The van der Waals surface area contributed by atoms with Gasteiger partial charge in [0.15, 0.2) is 5.78 Å². The van der Waals surface area contributed by atoms with E-state index in [4.69, 9.17) is 0 Å². The van der Waals surface area contributed by atoms with Gasteiger partial charge in [0.2, 0.25) is 10.0 Å². The fourth-order valence-electron chi connectivity index (χ4n) is 0.638. The Morgan fingerprint density at radius 1 is 1.46 bits per heavy atom. The van der Waals surface area contributed by atoms with Crippen LogP contribution in [-0.2, 0) is 14.8 Å². The molecule has 0 amide bonds. The Bertz CT molecular complexity index is 305. The third kappa shape index (κ3) is 4.80. The molecule has 13 heavy (non-hydrogen) atoms. The van der Waals surface area contributed by atoms with Crippen molar-refractivity contribution in [1.82, 2.24) is 4.31 Å². The van der Waals surface area contributed by atoms with Crippen LogP contribution in [0.25, 0.3) is 0 Å². The standard InChI is InChI=1S/C8H15NO3S/c1-7(2)8(10)5-6-9(3)13(4,11)12/h1,5-6H2,2-4H3. The van der Waals surface area contributed by atoms with Gasteiger partial charge in [0, 0.05) is 20.0 Å². The lowest BCUT2D eigenvalue weighted by atomic mass is 10.2. The predicted molar refractivity (Wildman–Crippen MR) is 51.9 cm³/mol. The highest BCUT2D eigenvalue weighted by molar-refractivity contribution is 7.88. The van der Waals surface area contributed by atoms with Crippen molar-refractivity contribution in [3.8, 4) is 0 Å². The van der Waals surface area contributed by atoms with Gasteiger partial charge in [-0.3, -0.25) is 4.79 Å². The van der Waals surface area contributed by atoms with Crippen molar-refractivity contribution in [3.05, 3.63) is 12.2 Å². The largest absolute Gasteiger partial charge is 0.295 e. The summed E-state index contributed by atoms with van der Waals surface area (Å²) in [6, 6.07) is 0. The fraction of sp³-hybridized carbons (Fsp3) is 0.625. The second-order valence-corrected chi connectivity index (χ2v) is 5.13. The summed E-state index contributed by atoms with van der Waals surface area (Å²) in [7, 11) is -1.73. The van der Waals surface area contributed by atoms with Crippen molar-refractivity contribution in [2.45, 2.75) is 13.3 Å². The smallest absolute Gasteiger partial charge is 0.210 e. The minimum Gasteiger partial charge on any atom is -0.295 e. The molecule has 0 saturated carbocycles. The summed E-state index contributed by atoms with van der Waals surface area (Å²) >= 11 is 0. The summed E-state index contributed by atoms with van der Waals surface area (Å²) < 4.78 is 23.0. The van der Waals surface area contributed by atoms with Gasteiger partial charge in [0.05, 0.1) is 6.26 Å². The Kier molecular flexibility index (Phi) is 4.29. The Balaban J connectivity index is 4.06. The van der Waals surface area contributed by atoms with E-state index in [1.807, 2.05) is 0 Å². The maximum absolute atomic E-state index is 11.1. The molecular formula is C8H15NO3S. The molecule has 0 aromatic carbocycles. The molecule has 0 atom stereocenters. The van der Waals surface area contributed by atoms with Crippen molar-refractivity contribution in [3.63, 3.8) is 0 Å². The molecule has 0 unspecified atom stereocenters. The first-order valence-electron chi connectivity index (χ1n) is 3.85. The molecule has 0 aliphatic carbocycles. The highest BCUT2D eigenvalue weighted by Crippen LogP contribution is 1.99. The zero-order chi connectivity index (χ0) is 10.6. The number of carbonyl (C=O) groups excluding carboxylic acids is 1. The number of carbonyl (C=O) groups is 1. The molecule has 0 fully saturated rings. The van der Waals surface area contributed by atoms with Gasteiger partial charge < -0.3 is 0 Å². The third-order valence-corrected chi connectivity index (χ3v) is 3.01. The van der Waals surface area contributed by atoms with Crippen LogP contribution < -0.4 is 0 Å². The summed E-state index contributed by atoms with van der Waals surface area (Å²) in [6.45, 7) is 5.30. The lowest BCUT2D eigenvalue weighted by molar-refractivity contribution is -0.115. The van der Waals surface area contributed by atoms with Crippen LogP contribution in [0.1, 0.15) is 13.3 Å². The zero-order valence-corrected chi connectivity index (χ0v) is 9.02. The predicted octanol–water partition coefficient (Wildman–Crippen LogP) is 0.413. The van der Waals surface area contributed by atoms with Crippen LogP contribution >= 0.6 is 0 Å². The number of hydrogen-bond donors (Lipinski definition) is 0. The maximum Gasteiger partial charge on any atom is 0.210 e. The van der Waals surface area contributed by atoms with Gasteiger partial charge in [-0.2, -0.15) is 0 Å². The summed E-state index contributed by atoms with van der Waals surface area (Å²) in [5.41, 5.74) is 0.460. The number of sulfonamides is 1. The molecule has 0 bridgehead atoms. The van der Waals surface area contributed by atoms with Gasteiger partial charge in [-0.25, -0.2) is 12.7 Å². The van der Waals surface area contributed by atoms with Crippen molar-refractivity contribution in [2.75, 3.05) is 19.8 Å². The second kappa shape index (κ2) is 4.53. The molecule has 0 radical (unpaired) electrons. The monoisotopic (exact) mass is 205 g/mol. The van der Waals surface area contributed by atoms with E-state index in [2.05, 4.69) is 6.58 Å². The lowest BCUT2D eigenvalue weighted by Crippen LogP contribution is -2.28. The van der Waals surface area contributed by atoms with E-state index >= 15 is 0 Å². The van der Waals surface area contributed by atoms with Crippen molar-refractivity contribution in [1.29, 1.82) is 0 Å². The molecule has 0 aliphatic rings. The summed E-state index contributed by atoms with van der Waals surface area (Å²) in [5, 5.41) is 0. The van der Waals surface area contributed by atoms with Gasteiger partial charge in [-0.15, -0.1) is 0 Å². The molecule has 0 heterocycles. The highest BCUT2D eigenvalue weighted by atomic mass is 32.2. The summed E-state index contributed by atoms with van der Waals surface area (Å²) in [5.74, 6) is -0.101. The van der Waals surface area contributed by atoms with E-state index in [-0.39, 0.29) is 18.7 Å². The van der Waals surface area contributed by atoms with Crippen molar-refractivity contribution < 1.29 is 13.2 Å². The molecule has 0 aliphatic heterocycles. The molecule has 0 N–H and O–H groups in total. The Morgan fingerprint density at radius 2 is 1.92 bits per heavy atom. The molecule has 0 aromatic rings. The van der Waals surface area contributed by atoms with Gasteiger partial charge in [-0.1, -0.05) is 6.58 Å². The van der Waals surface area contributed by atoms with Crippen LogP contribution in [0.4, 0.5) is 0 Å². The minimum absolute atomic E-state index is 0.101. The number of allylic oxidation sites excluding steroid dienone is 1. The first kappa shape index (κ1) is 12.3. The van der Waals surface area contributed by atoms with E-state index < -0.39 is 10.0 Å². The lowest BCUT2D eigenvalue weighted by Gasteiger charge is -2.12. The summed E-state index contributed by atoms with van der Waals surface area (Å²) in [4.78, 5) is 11.1. The molecule has 5 heteroatoms. The Labute approximate surface area is 79.3 Å². The van der Waals surface area contributed by atoms with E-state index in [0.717, 1.165) is 10.6 Å². The van der Waals surface area contributed by atoms with Crippen molar-refractivity contribution >= 4 is 15.8 Å². The Hall–Kier alpha value is -0.680. The summed E-state index contributed by atoms with van der Waals surface area (Å²) in [6.07, 6.45) is 1.30. The highest BCUT2D eigenvalue weighted by Gasteiger charge is 2.12. The van der Waals surface area contributed by atoms with Gasteiger partial charge in [0.1, 0.15) is 0 Å². The van der Waals surface area contributed by atoms with Gasteiger partial charge in [-0.05, 0) is 12.5 Å². The number of nitrogens with zero attached hydrogens (tertiary/aromatic N) is 1. The molecule has 0 aromatic heterocycles. The average molecular weight is 205 g/mol. The molecule has 76 valence electrons. The van der Waals surface area contributed by atoms with E-state index in [1.165, 1.54) is 7.05 Å². The first-order valence-corrected chi connectivity index (χ1v) is 5.70. The minimum atomic E-state index is -3.17. The van der Waals surface area contributed by atoms with Crippen LogP contribution in [0.5, 0.6) is 0 Å². The number of Topliss-reactive ketones (excluding diaryl/α,β-unsaturated/α-hetero) is 1. The average Bonchev–Trinajstić information content (AvgIpc) is 1.97. The molecule has 0 saturated heterocycles. The number of rotatable bonds is 5. The quantitative estimate of drug-likeness (QED) is 0.611. The fourth-order valence-corrected chi connectivity index (χ4v) is 1.06. The van der Waals surface area contributed by atoms with Crippen LogP contribution in [0, 0.1) is 0 Å². The van der Waals surface area contributed by atoms with E-state index in [1.54, 1.807) is 6.92 Å². The van der Waals surface area contributed by atoms with Gasteiger partial charge in [0.25, 0.3) is 0 Å². The first-order chi connectivity index (χ1) is 5.75. The molecular weight excluding hydrogens is 190 g/mol. The normalized spacial score (nSPS) is 11.7. The third-order valence-electron chi connectivity index (χ3n) is 1.70. The second-order valence-electron chi connectivity index (χ2n) is 3.04. The van der Waals surface area contributed by atoms with E-state index in [0.29, 0.717) is 5.57 Å². The zero-order valence-electron chi connectivity index (χ0n) is 8.20. The van der Waals surface area contributed by atoms with Gasteiger partial charge >= 0.3 is 0 Å². The van der Waals surface area contributed by atoms with Crippen LogP contribution in [0.2, 0.25) is 0 Å². The Morgan fingerprint density at radius 3 is 2.23 bits per heavy atom. The van der Waals surface area contributed by atoms with Crippen LogP contribution in [-0.4, -0.2) is 38.4 Å². The topological polar surface area (TPSA) is 54.5 Å². The molecule has 4 nitrogen and oxygen atoms in total. The van der Waals surface area contributed by atoms with E-state index in [9.17, 15) is 13.2 Å². The number of hydrogen-bond acceptors (Lipinski definition) is 3. The number of ketones is 1. The maximum atomic E-state index is 11.1. The SMILES string of the molecule is C=C(C)C(=O)CCN(C)S(C)(=O)=O. The van der Waals surface area contributed by atoms with Crippen LogP contribution in [0.3, 0.4) is 0 Å². The molecule has 0 spiro atoms. The van der Waals surface area contributed by atoms with Crippen LogP contribution in [0.15, 0.2) is 12.2 Å². The molecule has 0 rings (SSSR count).